The van der Waals surface area contributed by atoms with Crippen LogP contribution in [0.3, 0.4) is 0 Å². The van der Waals surface area contributed by atoms with Gasteiger partial charge in [-0.1, -0.05) is 17.3 Å². The molecule has 0 bridgehead atoms. The van der Waals surface area contributed by atoms with Crippen molar-refractivity contribution in [1.29, 1.82) is 0 Å². The van der Waals surface area contributed by atoms with Crippen LogP contribution in [0.2, 0.25) is 0 Å². The minimum atomic E-state index is -0.0452. The number of carbonyl (C=O) groups excluding carboxylic acids is 1. The first-order valence-corrected chi connectivity index (χ1v) is 5.98. The number of nitrogens with zero attached hydrogens (tertiary/aromatic N) is 1. The summed E-state index contributed by atoms with van der Waals surface area (Å²) >= 11 is 0. The lowest BCUT2D eigenvalue weighted by molar-refractivity contribution is -0.120. The SMILES string of the molecule is CNC(C)CNC(=O)Cc1noc2ccccc12. The second-order valence-corrected chi connectivity index (χ2v) is 4.30. The first-order valence-electron chi connectivity index (χ1n) is 5.98. The molecule has 1 amide bonds. The lowest BCUT2D eigenvalue weighted by Gasteiger charge is -2.10. The van der Waals surface area contributed by atoms with Gasteiger partial charge in [0.1, 0.15) is 5.69 Å². The zero-order valence-corrected chi connectivity index (χ0v) is 10.6. The maximum absolute atomic E-state index is 11.8. The van der Waals surface area contributed by atoms with E-state index in [9.17, 15) is 4.79 Å². The van der Waals surface area contributed by atoms with Gasteiger partial charge in [-0.25, -0.2) is 0 Å². The Kier molecular flexibility index (Phi) is 3.94. The van der Waals surface area contributed by atoms with E-state index in [0.29, 0.717) is 17.8 Å². The van der Waals surface area contributed by atoms with Gasteiger partial charge in [0, 0.05) is 18.0 Å². The quantitative estimate of drug-likeness (QED) is 0.830. The number of aromatic nitrogens is 1. The Labute approximate surface area is 106 Å². The average molecular weight is 247 g/mol. The van der Waals surface area contributed by atoms with Crippen LogP contribution in [0.5, 0.6) is 0 Å². The molecule has 0 saturated carbocycles. The molecule has 0 aliphatic rings. The zero-order chi connectivity index (χ0) is 13.0. The number of rotatable bonds is 5. The Balaban J connectivity index is 1.99. The van der Waals surface area contributed by atoms with E-state index in [2.05, 4.69) is 15.8 Å². The Morgan fingerprint density at radius 2 is 2.22 bits per heavy atom. The van der Waals surface area contributed by atoms with E-state index in [-0.39, 0.29) is 18.4 Å². The molecule has 1 unspecified atom stereocenters. The summed E-state index contributed by atoms with van der Waals surface area (Å²) in [6.45, 7) is 2.61. The molecule has 0 fully saturated rings. The van der Waals surface area contributed by atoms with Crippen molar-refractivity contribution in [3.8, 4) is 0 Å². The third kappa shape index (κ3) is 2.87. The van der Waals surface area contributed by atoms with Crippen molar-refractivity contribution in [3.63, 3.8) is 0 Å². The molecular formula is C13H17N3O2. The second-order valence-electron chi connectivity index (χ2n) is 4.30. The summed E-state index contributed by atoms with van der Waals surface area (Å²) in [5.41, 5.74) is 1.39. The van der Waals surface area contributed by atoms with Gasteiger partial charge >= 0.3 is 0 Å². The summed E-state index contributed by atoms with van der Waals surface area (Å²) in [7, 11) is 1.86. The first-order chi connectivity index (χ1) is 8.70. The molecule has 2 aromatic rings. The summed E-state index contributed by atoms with van der Waals surface area (Å²) in [6, 6.07) is 7.79. The van der Waals surface area contributed by atoms with E-state index < -0.39 is 0 Å². The second kappa shape index (κ2) is 5.64. The highest BCUT2D eigenvalue weighted by Crippen LogP contribution is 2.17. The van der Waals surface area contributed by atoms with Crippen molar-refractivity contribution in [2.45, 2.75) is 19.4 Å². The molecule has 0 saturated heterocycles. The van der Waals surface area contributed by atoms with E-state index >= 15 is 0 Å². The molecule has 2 N–H and O–H groups in total. The van der Waals surface area contributed by atoms with E-state index in [1.165, 1.54) is 0 Å². The summed E-state index contributed by atoms with van der Waals surface area (Å²) in [5, 5.41) is 10.7. The van der Waals surface area contributed by atoms with Crippen LogP contribution < -0.4 is 10.6 Å². The largest absolute Gasteiger partial charge is 0.356 e. The summed E-state index contributed by atoms with van der Waals surface area (Å²) in [5.74, 6) is -0.0452. The summed E-state index contributed by atoms with van der Waals surface area (Å²) in [6.07, 6.45) is 0.243. The Hall–Kier alpha value is -1.88. The highest BCUT2D eigenvalue weighted by Gasteiger charge is 2.12. The van der Waals surface area contributed by atoms with Crippen LogP contribution in [0, 0.1) is 0 Å². The standard InChI is InChI=1S/C13H17N3O2/c1-9(14-2)8-15-13(17)7-11-10-5-3-4-6-12(10)18-16-11/h3-6,9,14H,7-8H2,1-2H3,(H,15,17). The predicted octanol–water partition coefficient (Wildman–Crippen LogP) is 1.09. The van der Waals surface area contributed by atoms with Crippen molar-refractivity contribution in [3.05, 3.63) is 30.0 Å². The van der Waals surface area contributed by atoms with Crippen molar-refractivity contribution in [2.75, 3.05) is 13.6 Å². The minimum absolute atomic E-state index is 0.0452. The van der Waals surface area contributed by atoms with Gasteiger partial charge < -0.3 is 15.2 Å². The van der Waals surface area contributed by atoms with Gasteiger partial charge in [0.25, 0.3) is 0 Å². The molecule has 5 nitrogen and oxygen atoms in total. The van der Waals surface area contributed by atoms with Crippen molar-refractivity contribution in [2.24, 2.45) is 0 Å². The van der Waals surface area contributed by atoms with E-state index in [1.807, 2.05) is 38.2 Å². The molecule has 96 valence electrons. The average Bonchev–Trinajstić information content (AvgIpc) is 2.79. The van der Waals surface area contributed by atoms with Crippen LogP contribution in [0.1, 0.15) is 12.6 Å². The lowest BCUT2D eigenvalue weighted by atomic mass is 10.1. The Bertz CT molecular complexity index is 536. The number of para-hydroxylation sites is 1. The van der Waals surface area contributed by atoms with E-state index in [0.717, 1.165) is 5.39 Å². The minimum Gasteiger partial charge on any atom is -0.356 e. The highest BCUT2D eigenvalue weighted by molar-refractivity contribution is 5.86. The molecule has 0 spiro atoms. The molecule has 0 radical (unpaired) electrons. The molecular weight excluding hydrogens is 230 g/mol. The third-order valence-corrected chi connectivity index (χ3v) is 2.88. The molecule has 0 aliphatic heterocycles. The number of nitrogens with one attached hydrogen (secondary N) is 2. The van der Waals surface area contributed by atoms with Gasteiger partial charge in [-0.15, -0.1) is 0 Å². The van der Waals surface area contributed by atoms with Crippen molar-refractivity contribution in [1.82, 2.24) is 15.8 Å². The number of likely N-dealkylation sites (N-methyl/N-ethyl adjacent to an activating group) is 1. The number of benzene rings is 1. The molecule has 5 heteroatoms. The summed E-state index contributed by atoms with van der Waals surface area (Å²) < 4.78 is 5.15. The van der Waals surface area contributed by atoms with Crippen LogP contribution in [0.15, 0.2) is 28.8 Å². The van der Waals surface area contributed by atoms with Gasteiger partial charge in [0.15, 0.2) is 5.58 Å². The topological polar surface area (TPSA) is 67.2 Å². The molecule has 0 aliphatic carbocycles. The monoisotopic (exact) mass is 247 g/mol. The van der Waals surface area contributed by atoms with Gasteiger partial charge in [-0.2, -0.15) is 0 Å². The zero-order valence-electron chi connectivity index (χ0n) is 10.6. The van der Waals surface area contributed by atoms with E-state index in [1.54, 1.807) is 0 Å². The van der Waals surface area contributed by atoms with Crippen molar-refractivity contribution < 1.29 is 9.32 Å². The normalized spacial score (nSPS) is 12.6. The Morgan fingerprint density at radius 3 is 3.00 bits per heavy atom. The molecule has 1 atom stereocenters. The third-order valence-electron chi connectivity index (χ3n) is 2.88. The fourth-order valence-corrected chi connectivity index (χ4v) is 1.65. The van der Waals surface area contributed by atoms with Gasteiger partial charge in [-0.3, -0.25) is 4.79 Å². The van der Waals surface area contributed by atoms with Gasteiger partial charge in [-0.05, 0) is 26.1 Å². The number of hydrogen-bond acceptors (Lipinski definition) is 4. The van der Waals surface area contributed by atoms with Crippen molar-refractivity contribution >= 4 is 16.9 Å². The number of fused-ring (bicyclic) bond motifs is 1. The molecule has 1 aromatic carbocycles. The van der Waals surface area contributed by atoms with Gasteiger partial charge in [0.2, 0.25) is 5.91 Å². The highest BCUT2D eigenvalue weighted by atomic mass is 16.5. The summed E-state index contributed by atoms with van der Waals surface area (Å²) in [4.78, 5) is 11.8. The fraction of sp³-hybridized carbons (Fsp3) is 0.385. The molecule has 1 heterocycles. The fourth-order valence-electron chi connectivity index (χ4n) is 1.65. The van der Waals surface area contributed by atoms with Crippen LogP contribution in [0.4, 0.5) is 0 Å². The van der Waals surface area contributed by atoms with E-state index in [4.69, 9.17) is 4.52 Å². The lowest BCUT2D eigenvalue weighted by Crippen LogP contribution is -2.37. The van der Waals surface area contributed by atoms with Crippen LogP contribution >= 0.6 is 0 Å². The van der Waals surface area contributed by atoms with Crippen LogP contribution in [-0.2, 0) is 11.2 Å². The van der Waals surface area contributed by atoms with Crippen LogP contribution in [0.25, 0.3) is 11.0 Å². The molecule has 18 heavy (non-hydrogen) atoms. The number of hydrogen-bond donors (Lipinski definition) is 2. The van der Waals surface area contributed by atoms with Gasteiger partial charge in [0.05, 0.1) is 6.42 Å². The first kappa shape index (κ1) is 12.6. The van der Waals surface area contributed by atoms with Crippen LogP contribution in [-0.4, -0.2) is 30.7 Å². The smallest absolute Gasteiger partial charge is 0.226 e. The predicted molar refractivity (Wildman–Crippen MR) is 69.2 cm³/mol. The molecule has 1 aromatic heterocycles. The maximum atomic E-state index is 11.8. The molecule has 2 rings (SSSR count). The number of amides is 1. The maximum Gasteiger partial charge on any atom is 0.226 e. The number of carbonyl (C=O) groups is 1. The Morgan fingerprint density at radius 1 is 1.44 bits per heavy atom.